The average molecular weight is 233 g/mol. The van der Waals surface area contributed by atoms with Crippen molar-refractivity contribution in [3.63, 3.8) is 0 Å². The second-order valence-corrected chi connectivity index (χ2v) is 5.82. The molecule has 3 fully saturated rings. The molecule has 2 aliphatic carbocycles. The molecular weight excluding hydrogens is 214 g/mol. The number of aromatic nitrogens is 2. The maximum absolute atomic E-state index is 5.49. The molecule has 4 rings (SSSR count). The summed E-state index contributed by atoms with van der Waals surface area (Å²) < 4.78 is 5.49. The van der Waals surface area contributed by atoms with Crippen molar-refractivity contribution in [1.82, 2.24) is 15.5 Å². The highest BCUT2D eigenvalue weighted by atomic mass is 16.5. The summed E-state index contributed by atoms with van der Waals surface area (Å²) in [4.78, 5) is 4.66. The molecule has 4 heteroatoms. The van der Waals surface area contributed by atoms with Crippen LogP contribution in [-0.2, 0) is 0 Å². The number of fused-ring (bicyclic) bond motifs is 1. The van der Waals surface area contributed by atoms with Crippen molar-refractivity contribution in [1.29, 1.82) is 0 Å². The lowest BCUT2D eigenvalue weighted by molar-refractivity contribution is 0.353. The van der Waals surface area contributed by atoms with E-state index in [9.17, 15) is 0 Å². The molecule has 4 nitrogen and oxygen atoms in total. The van der Waals surface area contributed by atoms with E-state index in [4.69, 9.17) is 4.52 Å². The number of nitrogens with zero attached hydrogens (tertiary/aromatic N) is 2. The first-order valence-electron chi connectivity index (χ1n) is 6.97. The summed E-state index contributed by atoms with van der Waals surface area (Å²) >= 11 is 0. The molecular formula is C13H19N3O. The van der Waals surface area contributed by atoms with E-state index in [-0.39, 0.29) is 0 Å². The Kier molecular flexibility index (Phi) is 2.25. The Bertz CT molecular complexity index is 384. The van der Waals surface area contributed by atoms with E-state index in [2.05, 4.69) is 15.5 Å². The van der Waals surface area contributed by atoms with Gasteiger partial charge in [0.25, 0.3) is 0 Å². The molecule has 1 aromatic rings. The van der Waals surface area contributed by atoms with Crippen molar-refractivity contribution in [2.45, 2.75) is 43.9 Å². The molecule has 2 saturated carbocycles. The van der Waals surface area contributed by atoms with Crippen molar-refractivity contribution < 1.29 is 4.52 Å². The Balaban J connectivity index is 1.49. The van der Waals surface area contributed by atoms with Gasteiger partial charge in [-0.3, -0.25) is 0 Å². The van der Waals surface area contributed by atoms with Crippen LogP contribution in [-0.4, -0.2) is 23.2 Å². The lowest BCUT2D eigenvalue weighted by Gasteiger charge is -2.19. The molecule has 92 valence electrons. The van der Waals surface area contributed by atoms with Crippen LogP contribution in [0.5, 0.6) is 0 Å². The number of nitrogens with one attached hydrogen (secondary N) is 1. The molecule has 1 aromatic heterocycles. The van der Waals surface area contributed by atoms with Crippen LogP contribution in [0.1, 0.15) is 55.7 Å². The van der Waals surface area contributed by atoms with Crippen LogP contribution in [0.25, 0.3) is 0 Å². The molecule has 3 atom stereocenters. The molecule has 1 aliphatic heterocycles. The van der Waals surface area contributed by atoms with Crippen LogP contribution < -0.4 is 5.32 Å². The minimum Gasteiger partial charge on any atom is -0.339 e. The standard InChI is InChI=1S/C13H19N3O/c1-4-9-10(5-1)11(9)13-15-12(16-17-13)8-3-2-6-14-7-8/h8-11,14H,1-7H2. The molecule has 3 aliphatic rings. The van der Waals surface area contributed by atoms with Crippen LogP contribution in [0.4, 0.5) is 0 Å². The van der Waals surface area contributed by atoms with Gasteiger partial charge < -0.3 is 9.84 Å². The summed E-state index contributed by atoms with van der Waals surface area (Å²) in [6, 6.07) is 0. The maximum atomic E-state index is 5.49. The Hall–Kier alpha value is -0.900. The van der Waals surface area contributed by atoms with E-state index in [1.807, 2.05) is 0 Å². The fourth-order valence-corrected chi connectivity index (χ4v) is 3.81. The van der Waals surface area contributed by atoms with E-state index in [0.717, 1.165) is 36.6 Å². The molecule has 0 amide bonds. The second kappa shape index (κ2) is 3.80. The van der Waals surface area contributed by atoms with Crippen LogP contribution in [0, 0.1) is 11.8 Å². The predicted molar refractivity (Wildman–Crippen MR) is 62.7 cm³/mol. The average Bonchev–Trinajstić information content (AvgIpc) is 2.81. The van der Waals surface area contributed by atoms with E-state index < -0.39 is 0 Å². The van der Waals surface area contributed by atoms with Crippen LogP contribution in [0.3, 0.4) is 0 Å². The summed E-state index contributed by atoms with van der Waals surface area (Å²) in [6.45, 7) is 2.14. The van der Waals surface area contributed by atoms with Gasteiger partial charge in [0.2, 0.25) is 5.89 Å². The first kappa shape index (κ1) is 10.1. The summed E-state index contributed by atoms with van der Waals surface area (Å²) in [6.07, 6.45) is 6.57. The monoisotopic (exact) mass is 233 g/mol. The first-order chi connectivity index (χ1) is 8.43. The number of rotatable bonds is 2. The highest BCUT2D eigenvalue weighted by Crippen LogP contribution is 2.62. The van der Waals surface area contributed by atoms with E-state index in [1.54, 1.807) is 0 Å². The van der Waals surface area contributed by atoms with Gasteiger partial charge in [-0.25, -0.2) is 0 Å². The Labute approximate surface area is 101 Å². The van der Waals surface area contributed by atoms with Gasteiger partial charge in [0.05, 0.1) is 0 Å². The minimum absolute atomic E-state index is 0.472. The first-order valence-corrected chi connectivity index (χ1v) is 6.97. The zero-order valence-electron chi connectivity index (χ0n) is 10.1. The summed E-state index contributed by atoms with van der Waals surface area (Å²) in [5.41, 5.74) is 0. The Morgan fingerprint density at radius 3 is 2.76 bits per heavy atom. The van der Waals surface area contributed by atoms with Gasteiger partial charge >= 0.3 is 0 Å². The van der Waals surface area contributed by atoms with Crippen molar-refractivity contribution in [3.05, 3.63) is 11.7 Å². The third-order valence-corrected chi connectivity index (χ3v) is 4.81. The zero-order chi connectivity index (χ0) is 11.2. The highest BCUT2D eigenvalue weighted by Gasteiger charge is 2.56. The molecule has 1 saturated heterocycles. The van der Waals surface area contributed by atoms with Crippen molar-refractivity contribution in [2.24, 2.45) is 11.8 Å². The van der Waals surface area contributed by atoms with Crippen molar-refractivity contribution >= 4 is 0 Å². The Morgan fingerprint density at radius 2 is 2.00 bits per heavy atom. The molecule has 3 unspecified atom stereocenters. The zero-order valence-corrected chi connectivity index (χ0v) is 10.1. The summed E-state index contributed by atoms with van der Waals surface area (Å²) in [7, 11) is 0. The van der Waals surface area contributed by atoms with Crippen LogP contribution in [0.2, 0.25) is 0 Å². The SMILES string of the molecule is C1CNCC(c2noc(C3C4CCCC43)n2)C1. The normalized spacial score (nSPS) is 40.2. The Morgan fingerprint density at radius 1 is 1.12 bits per heavy atom. The van der Waals surface area contributed by atoms with Gasteiger partial charge in [0.1, 0.15) is 0 Å². The third kappa shape index (κ3) is 1.61. The molecule has 17 heavy (non-hydrogen) atoms. The van der Waals surface area contributed by atoms with Gasteiger partial charge in [0.15, 0.2) is 5.82 Å². The number of hydrogen-bond donors (Lipinski definition) is 1. The lowest BCUT2D eigenvalue weighted by atomic mass is 9.99. The topological polar surface area (TPSA) is 51.0 Å². The third-order valence-electron chi connectivity index (χ3n) is 4.81. The van der Waals surface area contributed by atoms with Gasteiger partial charge in [-0.05, 0) is 44.1 Å². The van der Waals surface area contributed by atoms with Gasteiger partial charge in [-0.1, -0.05) is 11.6 Å². The van der Waals surface area contributed by atoms with Crippen LogP contribution >= 0.6 is 0 Å². The molecule has 0 aromatic carbocycles. The van der Waals surface area contributed by atoms with E-state index in [0.29, 0.717) is 11.8 Å². The van der Waals surface area contributed by atoms with Gasteiger partial charge in [0, 0.05) is 18.4 Å². The fraction of sp³-hybridized carbons (Fsp3) is 0.846. The molecule has 0 radical (unpaired) electrons. The van der Waals surface area contributed by atoms with Crippen molar-refractivity contribution in [2.75, 3.05) is 13.1 Å². The summed E-state index contributed by atoms with van der Waals surface area (Å²) in [5, 5.41) is 7.61. The van der Waals surface area contributed by atoms with Crippen LogP contribution in [0.15, 0.2) is 4.52 Å². The van der Waals surface area contributed by atoms with Gasteiger partial charge in [-0.2, -0.15) is 4.98 Å². The molecule has 0 spiro atoms. The largest absolute Gasteiger partial charge is 0.339 e. The van der Waals surface area contributed by atoms with Crippen molar-refractivity contribution in [3.8, 4) is 0 Å². The predicted octanol–water partition coefficient (Wildman–Crippen LogP) is 2.05. The number of piperidine rings is 1. The second-order valence-electron chi connectivity index (χ2n) is 5.82. The number of hydrogen-bond acceptors (Lipinski definition) is 4. The lowest BCUT2D eigenvalue weighted by Crippen LogP contribution is -2.28. The molecule has 1 N–H and O–H groups in total. The smallest absolute Gasteiger partial charge is 0.230 e. The minimum atomic E-state index is 0.472. The van der Waals surface area contributed by atoms with E-state index in [1.165, 1.54) is 32.1 Å². The quantitative estimate of drug-likeness (QED) is 0.849. The molecule has 0 bridgehead atoms. The maximum Gasteiger partial charge on any atom is 0.230 e. The summed E-state index contributed by atoms with van der Waals surface area (Å²) in [5.74, 6) is 4.69. The van der Waals surface area contributed by atoms with Gasteiger partial charge in [-0.15, -0.1) is 0 Å². The van der Waals surface area contributed by atoms with E-state index >= 15 is 0 Å². The molecule has 2 heterocycles. The fourth-order valence-electron chi connectivity index (χ4n) is 3.81. The highest BCUT2D eigenvalue weighted by molar-refractivity contribution is 5.16.